The molecule has 3 fully saturated rings. The molecule has 5 heterocycles. The molecular formula is C32H40FN5O4. The topological polar surface area (TPSA) is 80.3 Å². The van der Waals surface area contributed by atoms with E-state index in [9.17, 15) is 9.18 Å². The number of carbonyl (C=O) groups is 1. The van der Waals surface area contributed by atoms with E-state index >= 15 is 0 Å². The predicted molar refractivity (Wildman–Crippen MR) is 160 cm³/mol. The zero-order valence-electron chi connectivity index (χ0n) is 25.1. The van der Waals surface area contributed by atoms with Gasteiger partial charge in [-0.05, 0) is 70.8 Å². The summed E-state index contributed by atoms with van der Waals surface area (Å²) in [7, 11) is 3.66. The number of carbonyl (C=O) groups excluding carboxylic acids is 1. The van der Waals surface area contributed by atoms with Crippen molar-refractivity contribution in [3.63, 3.8) is 0 Å². The summed E-state index contributed by atoms with van der Waals surface area (Å²) in [6.07, 6.45) is 2.66. The average molecular weight is 578 g/mol. The van der Waals surface area contributed by atoms with Crippen LogP contribution < -0.4 is 14.4 Å². The Labute approximate surface area is 246 Å². The van der Waals surface area contributed by atoms with Gasteiger partial charge in [-0.3, -0.25) is 0 Å². The first kappa shape index (κ1) is 28.5. The van der Waals surface area contributed by atoms with E-state index < -0.39 is 5.60 Å². The second-order valence-electron chi connectivity index (χ2n) is 13.0. The van der Waals surface area contributed by atoms with E-state index in [-0.39, 0.29) is 23.6 Å². The lowest BCUT2D eigenvalue weighted by Gasteiger charge is -2.39. The van der Waals surface area contributed by atoms with Crippen molar-refractivity contribution in [1.82, 2.24) is 19.8 Å². The summed E-state index contributed by atoms with van der Waals surface area (Å²) < 4.78 is 31.5. The van der Waals surface area contributed by atoms with Crippen molar-refractivity contribution in [3.8, 4) is 22.9 Å². The molecular weight excluding hydrogens is 537 g/mol. The summed E-state index contributed by atoms with van der Waals surface area (Å²) in [4.78, 5) is 28.1. The van der Waals surface area contributed by atoms with Crippen LogP contribution in [0.15, 0.2) is 36.5 Å². The molecule has 1 aromatic carbocycles. The van der Waals surface area contributed by atoms with E-state index in [2.05, 4.69) is 27.9 Å². The van der Waals surface area contributed by atoms with Crippen LogP contribution in [0.3, 0.4) is 0 Å². The molecule has 3 saturated heterocycles. The number of halogens is 1. The van der Waals surface area contributed by atoms with E-state index in [1.54, 1.807) is 23.2 Å². The zero-order chi connectivity index (χ0) is 29.6. The minimum absolute atomic E-state index is 0.179. The van der Waals surface area contributed by atoms with E-state index in [0.717, 1.165) is 48.5 Å². The number of piperidine rings is 1. The fourth-order valence-electron chi connectivity index (χ4n) is 6.29. The maximum absolute atomic E-state index is 14.9. The number of ether oxygens (including phenoxy) is 3. The van der Waals surface area contributed by atoms with Gasteiger partial charge in [0.25, 0.3) is 0 Å². The van der Waals surface area contributed by atoms with Crippen molar-refractivity contribution >= 4 is 22.7 Å². The highest BCUT2D eigenvalue weighted by atomic mass is 19.1. The molecule has 0 aliphatic carbocycles. The molecule has 42 heavy (non-hydrogen) atoms. The normalized spacial score (nSPS) is 21.3. The van der Waals surface area contributed by atoms with Crippen LogP contribution in [0.25, 0.3) is 22.2 Å². The molecule has 0 saturated carbocycles. The Kier molecular flexibility index (Phi) is 7.59. The maximum Gasteiger partial charge on any atom is 0.410 e. The molecule has 3 aliphatic rings. The summed E-state index contributed by atoms with van der Waals surface area (Å²) in [5.74, 6) is 1.79. The Morgan fingerprint density at radius 1 is 1.07 bits per heavy atom. The van der Waals surface area contributed by atoms with E-state index in [4.69, 9.17) is 19.2 Å². The van der Waals surface area contributed by atoms with Gasteiger partial charge in [-0.15, -0.1) is 0 Å². The molecule has 0 radical (unpaired) electrons. The van der Waals surface area contributed by atoms with Gasteiger partial charge in [-0.1, -0.05) is 0 Å². The summed E-state index contributed by atoms with van der Waals surface area (Å²) in [6.45, 7) is 11.4. The Morgan fingerprint density at radius 2 is 1.86 bits per heavy atom. The number of aromatic nitrogens is 2. The SMILES string of the molecule is COc1cc2nc(-c3ccc(OCC4CN(C(=O)OC(C)(C)C)C4)nc3)cc(N3CC4CCN(C)CC4C3)c2cc1F. The number of likely N-dealkylation sites (tertiary alicyclic amines) is 2. The number of methoxy groups -OCH3 is 1. The highest BCUT2D eigenvalue weighted by molar-refractivity contribution is 5.95. The molecule has 2 unspecified atom stereocenters. The number of anilines is 1. The lowest BCUT2D eigenvalue weighted by Crippen LogP contribution is -2.53. The molecule has 3 aromatic rings. The number of nitrogens with zero attached hydrogens (tertiary/aromatic N) is 5. The van der Waals surface area contributed by atoms with Gasteiger partial charge in [0.1, 0.15) is 5.60 Å². The molecule has 0 bridgehead atoms. The number of fused-ring (bicyclic) bond motifs is 2. The first-order chi connectivity index (χ1) is 20.1. The molecule has 2 aromatic heterocycles. The van der Waals surface area contributed by atoms with Gasteiger partial charge in [0.15, 0.2) is 11.6 Å². The molecule has 3 aliphatic heterocycles. The lowest BCUT2D eigenvalue weighted by molar-refractivity contribution is -0.00807. The van der Waals surface area contributed by atoms with Gasteiger partial charge in [0.2, 0.25) is 5.88 Å². The van der Waals surface area contributed by atoms with Crippen molar-refractivity contribution in [2.24, 2.45) is 17.8 Å². The van der Waals surface area contributed by atoms with Gasteiger partial charge < -0.3 is 28.9 Å². The second kappa shape index (κ2) is 11.2. The third kappa shape index (κ3) is 5.95. The van der Waals surface area contributed by atoms with Gasteiger partial charge >= 0.3 is 6.09 Å². The van der Waals surface area contributed by atoms with E-state index in [0.29, 0.717) is 42.9 Å². The number of amides is 1. The summed E-state index contributed by atoms with van der Waals surface area (Å²) >= 11 is 0. The van der Waals surface area contributed by atoms with Crippen molar-refractivity contribution in [2.75, 3.05) is 64.9 Å². The van der Waals surface area contributed by atoms with Crippen molar-refractivity contribution in [3.05, 3.63) is 42.3 Å². The molecule has 224 valence electrons. The number of pyridine rings is 2. The van der Waals surface area contributed by atoms with E-state index in [1.807, 2.05) is 32.9 Å². The second-order valence-corrected chi connectivity index (χ2v) is 13.0. The molecule has 0 spiro atoms. The van der Waals surface area contributed by atoms with Crippen LogP contribution in [0.2, 0.25) is 0 Å². The van der Waals surface area contributed by atoms with Gasteiger partial charge in [0, 0.05) is 73.6 Å². The van der Waals surface area contributed by atoms with Crippen LogP contribution in [0.4, 0.5) is 14.9 Å². The Hall–Kier alpha value is -3.66. The lowest BCUT2D eigenvalue weighted by atomic mass is 9.89. The molecule has 0 N–H and O–H groups in total. The van der Waals surface area contributed by atoms with Gasteiger partial charge in [-0.25, -0.2) is 19.2 Å². The smallest absolute Gasteiger partial charge is 0.410 e. The third-order valence-corrected chi connectivity index (χ3v) is 8.51. The third-order valence-electron chi connectivity index (χ3n) is 8.51. The predicted octanol–water partition coefficient (Wildman–Crippen LogP) is 5.08. The minimum Gasteiger partial charge on any atom is -0.494 e. The Bertz CT molecular complexity index is 1450. The Balaban J connectivity index is 1.18. The average Bonchev–Trinajstić information content (AvgIpc) is 3.33. The van der Waals surface area contributed by atoms with Gasteiger partial charge in [-0.2, -0.15) is 0 Å². The fourth-order valence-corrected chi connectivity index (χ4v) is 6.29. The first-order valence-corrected chi connectivity index (χ1v) is 14.7. The maximum atomic E-state index is 14.9. The first-order valence-electron chi connectivity index (χ1n) is 14.7. The molecule has 2 atom stereocenters. The quantitative estimate of drug-likeness (QED) is 0.402. The van der Waals surface area contributed by atoms with E-state index in [1.165, 1.54) is 13.5 Å². The number of hydrogen-bond acceptors (Lipinski definition) is 8. The fraction of sp³-hybridized carbons (Fsp3) is 0.531. The summed E-state index contributed by atoms with van der Waals surface area (Å²) in [5.41, 5.74) is 2.80. The number of hydrogen-bond donors (Lipinski definition) is 0. The van der Waals surface area contributed by atoms with Crippen molar-refractivity contribution in [2.45, 2.75) is 32.8 Å². The van der Waals surface area contributed by atoms with Crippen molar-refractivity contribution < 1.29 is 23.4 Å². The molecule has 1 amide bonds. The van der Waals surface area contributed by atoms with Crippen LogP contribution in [0.5, 0.6) is 11.6 Å². The monoisotopic (exact) mass is 577 g/mol. The number of rotatable bonds is 6. The highest BCUT2D eigenvalue weighted by Gasteiger charge is 2.37. The van der Waals surface area contributed by atoms with Crippen LogP contribution in [-0.2, 0) is 4.74 Å². The molecule has 6 rings (SSSR count). The largest absolute Gasteiger partial charge is 0.494 e. The Morgan fingerprint density at radius 3 is 2.57 bits per heavy atom. The van der Waals surface area contributed by atoms with Crippen LogP contribution in [-0.4, -0.2) is 91.5 Å². The van der Waals surface area contributed by atoms with Crippen molar-refractivity contribution in [1.29, 1.82) is 0 Å². The zero-order valence-corrected chi connectivity index (χ0v) is 25.1. The van der Waals surface area contributed by atoms with Crippen LogP contribution >= 0.6 is 0 Å². The molecule has 9 nitrogen and oxygen atoms in total. The number of benzene rings is 1. The summed E-state index contributed by atoms with van der Waals surface area (Å²) in [5, 5.41) is 0.790. The minimum atomic E-state index is -0.503. The standard InChI is InChI=1S/C32H40FN5O4/c1-32(2,3)42-31(39)38-14-20(15-38)19-41-30-7-6-21(13-34-30)26-11-28(24-10-25(33)29(40-5)12-27(24)35-26)37-17-22-8-9-36(4)16-23(22)18-37/h6-7,10-13,20,22-23H,8-9,14-19H2,1-5H3. The van der Waals surface area contributed by atoms with Gasteiger partial charge in [0.05, 0.1) is 24.9 Å². The molecule has 10 heteroatoms. The highest BCUT2D eigenvalue weighted by Crippen LogP contribution is 2.39. The summed E-state index contributed by atoms with van der Waals surface area (Å²) in [6, 6.07) is 9.09. The van der Waals surface area contributed by atoms with Crippen LogP contribution in [0.1, 0.15) is 27.2 Å². The van der Waals surface area contributed by atoms with Crippen LogP contribution in [0, 0.1) is 23.6 Å².